The van der Waals surface area contributed by atoms with Gasteiger partial charge < -0.3 is 14.4 Å². The number of methoxy groups -OCH3 is 1. The molecule has 0 aromatic heterocycles. The van der Waals surface area contributed by atoms with Crippen LogP contribution in [0.1, 0.15) is 40.5 Å². The molecule has 1 saturated heterocycles. The molecule has 2 atom stereocenters. The lowest BCUT2D eigenvalue weighted by Crippen LogP contribution is -2.48. The molecule has 0 unspecified atom stereocenters. The van der Waals surface area contributed by atoms with Crippen LogP contribution in [0.4, 0.5) is 4.79 Å². The van der Waals surface area contributed by atoms with E-state index in [1.165, 1.54) is 7.11 Å². The van der Waals surface area contributed by atoms with Gasteiger partial charge in [-0.25, -0.2) is 4.79 Å². The first-order valence-corrected chi connectivity index (χ1v) is 6.32. The predicted molar refractivity (Wildman–Crippen MR) is 67.1 cm³/mol. The number of hydrogen-bond acceptors (Lipinski definition) is 4. The molecule has 0 aromatic rings. The summed E-state index contributed by atoms with van der Waals surface area (Å²) in [6.45, 7) is 8.00. The van der Waals surface area contributed by atoms with Crippen LogP contribution in [0.25, 0.3) is 0 Å². The number of amides is 1. The lowest BCUT2D eigenvalue weighted by atomic mass is 9.92. The molecule has 1 aliphatic heterocycles. The fourth-order valence-corrected chi connectivity index (χ4v) is 2.14. The van der Waals surface area contributed by atoms with E-state index in [-0.39, 0.29) is 24.0 Å². The van der Waals surface area contributed by atoms with E-state index in [0.29, 0.717) is 19.4 Å². The van der Waals surface area contributed by atoms with Crippen LogP contribution in [-0.2, 0) is 14.3 Å². The first-order valence-electron chi connectivity index (χ1n) is 6.32. The van der Waals surface area contributed by atoms with Gasteiger partial charge in [0.2, 0.25) is 0 Å². The summed E-state index contributed by atoms with van der Waals surface area (Å²) in [5.41, 5.74) is -0.490. The van der Waals surface area contributed by atoms with E-state index in [2.05, 4.69) is 0 Å². The average molecular weight is 257 g/mol. The molecule has 1 amide bonds. The monoisotopic (exact) mass is 257 g/mol. The summed E-state index contributed by atoms with van der Waals surface area (Å²) in [6.07, 6.45) is 0.959. The Balaban J connectivity index is 2.57. The van der Waals surface area contributed by atoms with E-state index in [0.717, 1.165) is 0 Å². The highest BCUT2D eigenvalue weighted by atomic mass is 16.6. The van der Waals surface area contributed by atoms with Gasteiger partial charge >= 0.3 is 12.1 Å². The smallest absolute Gasteiger partial charge is 0.410 e. The van der Waals surface area contributed by atoms with Gasteiger partial charge in [0.1, 0.15) is 5.60 Å². The third-order valence-electron chi connectivity index (χ3n) is 3.04. The molecule has 0 aliphatic carbocycles. The van der Waals surface area contributed by atoms with Crippen molar-refractivity contribution in [2.45, 2.75) is 52.2 Å². The Hall–Kier alpha value is -1.26. The van der Waals surface area contributed by atoms with Gasteiger partial charge in [-0.3, -0.25) is 4.79 Å². The number of esters is 1. The van der Waals surface area contributed by atoms with Gasteiger partial charge in [0.25, 0.3) is 0 Å². The minimum atomic E-state index is -0.490. The predicted octanol–water partition coefficient (Wildman–Crippen LogP) is 2.20. The van der Waals surface area contributed by atoms with E-state index < -0.39 is 5.60 Å². The third-order valence-corrected chi connectivity index (χ3v) is 3.04. The molecule has 1 heterocycles. The zero-order valence-electron chi connectivity index (χ0n) is 11.9. The Bertz CT molecular complexity index is 321. The summed E-state index contributed by atoms with van der Waals surface area (Å²) < 4.78 is 10.1. The zero-order valence-corrected chi connectivity index (χ0v) is 11.9. The number of piperidine rings is 1. The van der Waals surface area contributed by atoms with E-state index in [9.17, 15) is 9.59 Å². The average Bonchev–Trinajstić information content (AvgIpc) is 2.25. The number of carbonyl (C=O) groups excluding carboxylic acids is 2. The second kappa shape index (κ2) is 5.59. The molecule has 0 aromatic carbocycles. The van der Waals surface area contributed by atoms with Crippen molar-refractivity contribution >= 4 is 12.1 Å². The molecule has 1 rings (SSSR count). The molecule has 0 radical (unpaired) electrons. The quantitative estimate of drug-likeness (QED) is 0.676. The largest absolute Gasteiger partial charge is 0.469 e. The van der Waals surface area contributed by atoms with Crippen molar-refractivity contribution in [1.29, 1.82) is 0 Å². The maximum absolute atomic E-state index is 12.0. The van der Waals surface area contributed by atoms with Gasteiger partial charge in [0.05, 0.1) is 13.0 Å². The van der Waals surface area contributed by atoms with Crippen LogP contribution >= 0.6 is 0 Å². The van der Waals surface area contributed by atoms with Crippen LogP contribution in [0.5, 0.6) is 0 Å². The van der Waals surface area contributed by atoms with Crippen molar-refractivity contribution in [2.24, 2.45) is 5.92 Å². The second-order valence-corrected chi connectivity index (χ2v) is 5.77. The highest BCUT2D eigenvalue weighted by Crippen LogP contribution is 2.25. The van der Waals surface area contributed by atoms with Gasteiger partial charge in [-0.2, -0.15) is 0 Å². The minimum Gasteiger partial charge on any atom is -0.469 e. The van der Waals surface area contributed by atoms with Crippen LogP contribution in [0.15, 0.2) is 0 Å². The minimum absolute atomic E-state index is 0.00213. The molecular weight excluding hydrogens is 234 g/mol. The zero-order chi connectivity index (χ0) is 13.9. The molecule has 0 saturated carbocycles. The first kappa shape index (κ1) is 14.8. The first-order chi connectivity index (χ1) is 8.24. The number of rotatable bonds is 1. The van der Waals surface area contributed by atoms with Gasteiger partial charge in [0.15, 0.2) is 0 Å². The molecule has 104 valence electrons. The van der Waals surface area contributed by atoms with Crippen molar-refractivity contribution in [3.8, 4) is 0 Å². The number of nitrogens with zero attached hydrogens (tertiary/aromatic N) is 1. The molecule has 0 spiro atoms. The summed E-state index contributed by atoms with van der Waals surface area (Å²) in [5, 5.41) is 0. The Morgan fingerprint density at radius 2 is 1.89 bits per heavy atom. The Kier molecular flexibility index (Phi) is 4.59. The number of hydrogen-bond donors (Lipinski definition) is 0. The number of likely N-dealkylation sites (tertiary alicyclic amines) is 1. The Morgan fingerprint density at radius 1 is 1.28 bits per heavy atom. The summed E-state index contributed by atoms with van der Waals surface area (Å²) >= 11 is 0. The normalized spacial score (nSPS) is 24.6. The van der Waals surface area contributed by atoms with Gasteiger partial charge in [0, 0.05) is 12.6 Å². The Morgan fingerprint density at radius 3 is 2.33 bits per heavy atom. The van der Waals surface area contributed by atoms with E-state index in [1.807, 2.05) is 27.7 Å². The van der Waals surface area contributed by atoms with Gasteiger partial charge in [-0.05, 0) is 40.5 Å². The Labute approximate surface area is 108 Å². The third kappa shape index (κ3) is 3.89. The van der Waals surface area contributed by atoms with Crippen LogP contribution in [0, 0.1) is 5.92 Å². The van der Waals surface area contributed by atoms with Crippen molar-refractivity contribution in [1.82, 2.24) is 4.90 Å². The summed E-state index contributed by atoms with van der Waals surface area (Å²) in [5.74, 6) is -0.297. The van der Waals surface area contributed by atoms with E-state index in [4.69, 9.17) is 9.47 Å². The maximum Gasteiger partial charge on any atom is 0.410 e. The van der Waals surface area contributed by atoms with E-state index in [1.54, 1.807) is 4.90 Å². The molecule has 0 N–H and O–H groups in total. The summed E-state index contributed by atoms with van der Waals surface area (Å²) in [7, 11) is 1.40. The number of ether oxygens (including phenoxy) is 2. The van der Waals surface area contributed by atoms with Crippen molar-refractivity contribution in [3.05, 3.63) is 0 Å². The van der Waals surface area contributed by atoms with Crippen LogP contribution in [0.2, 0.25) is 0 Å². The summed E-state index contributed by atoms with van der Waals surface area (Å²) in [6, 6.07) is -0.00213. The lowest BCUT2D eigenvalue weighted by Gasteiger charge is -2.37. The second-order valence-electron chi connectivity index (χ2n) is 5.77. The fourth-order valence-electron chi connectivity index (χ4n) is 2.14. The highest BCUT2D eigenvalue weighted by Gasteiger charge is 2.34. The topological polar surface area (TPSA) is 55.8 Å². The molecule has 1 aliphatic rings. The summed E-state index contributed by atoms with van der Waals surface area (Å²) in [4.78, 5) is 25.1. The highest BCUT2D eigenvalue weighted by molar-refractivity contribution is 5.73. The molecule has 18 heavy (non-hydrogen) atoms. The standard InChI is InChI=1S/C13H23NO4/c1-9-8-10(11(15)17-5)6-7-14(9)12(16)18-13(2,3)4/h9-10H,6-8H2,1-5H3/t9-,10-/m0/s1. The van der Waals surface area contributed by atoms with Gasteiger partial charge in [-0.15, -0.1) is 0 Å². The van der Waals surface area contributed by atoms with Crippen molar-refractivity contribution in [3.63, 3.8) is 0 Å². The fraction of sp³-hybridized carbons (Fsp3) is 0.846. The molecule has 0 bridgehead atoms. The number of carbonyl (C=O) groups is 2. The molecule has 1 fully saturated rings. The van der Waals surface area contributed by atoms with E-state index >= 15 is 0 Å². The van der Waals surface area contributed by atoms with Crippen molar-refractivity contribution < 1.29 is 19.1 Å². The van der Waals surface area contributed by atoms with Crippen molar-refractivity contribution in [2.75, 3.05) is 13.7 Å². The molecule has 5 nitrogen and oxygen atoms in total. The molecule has 5 heteroatoms. The van der Waals surface area contributed by atoms with Crippen LogP contribution in [-0.4, -0.2) is 42.3 Å². The SMILES string of the molecule is COC(=O)[C@H]1CCN(C(=O)OC(C)(C)C)[C@@H](C)C1. The molecular formula is C13H23NO4. The maximum atomic E-state index is 12.0. The van der Waals surface area contributed by atoms with Gasteiger partial charge in [-0.1, -0.05) is 0 Å². The van der Waals surface area contributed by atoms with Crippen LogP contribution < -0.4 is 0 Å². The lowest BCUT2D eigenvalue weighted by molar-refractivity contribution is -0.147. The van der Waals surface area contributed by atoms with Crippen LogP contribution in [0.3, 0.4) is 0 Å².